The first-order valence-corrected chi connectivity index (χ1v) is 8.80. The van der Waals surface area contributed by atoms with E-state index < -0.39 is 0 Å². The lowest BCUT2D eigenvalue weighted by molar-refractivity contribution is 0.0826. The highest BCUT2D eigenvalue weighted by Gasteiger charge is 2.32. The van der Waals surface area contributed by atoms with E-state index in [9.17, 15) is 5.11 Å². The van der Waals surface area contributed by atoms with Gasteiger partial charge in [0.25, 0.3) is 0 Å². The van der Waals surface area contributed by atoms with E-state index in [1.54, 1.807) is 13.2 Å². The summed E-state index contributed by atoms with van der Waals surface area (Å²) in [5, 5.41) is 10.3. The van der Waals surface area contributed by atoms with Gasteiger partial charge in [-0.15, -0.1) is 0 Å². The van der Waals surface area contributed by atoms with Crippen molar-refractivity contribution in [1.29, 1.82) is 0 Å². The zero-order chi connectivity index (χ0) is 17.6. The molecule has 0 radical (unpaired) electrons. The fourth-order valence-corrected chi connectivity index (χ4v) is 3.81. The zero-order valence-electron chi connectivity index (χ0n) is 15.0. The summed E-state index contributed by atoms with van der Waals surface area (Å²) in [6.07, 6.45) is 2.82. The molecule has 1 N–H and O–H groups in total. The van der Waals surface area contributed by atoms with Gasteiger partial charge in [0.1, 0.15) is 28.6 Å². The van der Waals surface area contributed by atoms with Gasteiger partial charge in [-0.3, -0.25) is 0 Å². The van der Waals surface area contributed by atoms with Crippen molar-refractivity contribution in [2.45, 2.75) is 44.6 Å². The quantitative estimate of drug-likeness (QED) is 0.889. The van der Waals surface area contributed by atoms with Crippen LogP contribution in [-0.2, 0) is 12.8 Å². The van der Waals surface area contributed by atoms with Crippen molar-refractivity contribution in [2.24, 2.45) is 0 Å². The van der Waals surface area contributed by atoms with Crippen LogP contribution in [0.4, 0.5) is 0 Å². The number of aromatic hydroxyl groups is 1. The minimum Gasteiger partial charge on any atom is -0.508 e. The molecule has 4 rings (SSSR count). The maximum absolute atomic E-state index is 10.3. The van der Waals surface area contributed by atoms with Gasteiger partial charge < -0.3 is 19.3 Å². The van der Waals surface area contributed by atoms with Crippen LogP contribution in [0.3, 0.4) is 0 Å². The molecular formula is C21H24O4. The van der Waals surface area contributed by atoms with E-state index in [1.165, 1.54) is 11.1 Å². The molecule has 0 aliphatic carbocycles. The van der Waals surface area contributed by atoms with Crippen LogP contribution in [0.15, 0.2) is 30.3 Å². The summed E-state index contributed by atoms with van der Waals surface area (Å²) in [6.45, 7) is 4.81. The second-order valence-corrected chi connectivity index (χ2v) is 7.53. The lowest BCUT2D eigenvalue weighted by Gasteiger charge is -2.35. The maximum atomic E-state index is 10.3. The first kappa shape index (κ1) is 16.1. The van der Waals surface area contributed by atoms with E-state index in [0.717, 1.165) is 36.3 Å². The predicted molar refractivity (Wildman–Crippen MR) is 96.1 cm³/mol. The SMILES string of the molecule is COc1ccc(C2COc3c(ccc4c3CCC(C)(C)O4)C2)c(O)c1. The Balaban J connectivity index is 1.63. The Kier molecular flexibility index (Phi) is 3.78. The summed E-state index contributed by atoms with van der Waals surface area (Å²) in [5.41, 5.74) is 3.16. The molecule has 1 atom stereocenters. The summed E-state index contributed by atoms with van der Waals surface area (Å²) < 4.78 is 17.4. The number of phenolic OH excluding ortho intramolecular Hbond substituents is 1. The number of ether oxygens (including phenoxy) is 3. The molecule has 132 valence electrons. The summed E-state index contributed by atoms with van der Waals surface area (Å²) in [7, 11) is 1.60. The van der Waals surface area contributed by atoms with Crippen LogP contribution < -0.4 is 14.2 Å². The molecule has 2 aliphatic heterocycles. The zero-order valence-corrected chi connectivity index (χ0v) is 15.0. The van der Waals surface area contributed by atoms with Crippen molar-refractivity contribution in [3.05, 3.63) is 47.0 Å². The summed E-state index contributed by atoms with van der Waals surface area (Å²) >= 11 is 0. The monoisotopic (exact) mass is 340 g/mol. The van der Waals surface area contributed by atoms with Crippen LogP contribution >= 0.6 is 0 Å². The first-order valence-electron chi connectivity index (χ1n) is 8.80. The Morgan fingerprint density at radius 1 is 1.20 bits per heavy atom. The fraction of sp³-hybridized carbons (Fsp3) is 0.429. The van der Waals surface area contributed by atoms with Gasteiger partial charge in [-0.05, 0) is 50.8 Å². The molecule has 0 saturated carbocycles. The third kappa shape index (κ3) is 2.90. The molecule has 2 aliphatic rings. The van der Waals surface area contributed by atoms with Crippen molar-refractivity contribution in [2.75, 3.05) is 13.7 Å². The standard InChI is InChI=1S/C21H24O4/c1-21(2)9-8-17-19(25-21)7-4-13-10-14(12-24-20(13)17)16-6-5-15(23-3)11-18(16)22/h4-7,11,14,22H,8-10,12H2,1-3H3. The first-order chi connectivity index (χ1) is 12.0. The van der Waals surface area contributed by atoms with Crippen molar-refractivity contribution in [1.82, 2.24) is 0 Å². The molecule has 4 heteroatoms. The van der Waals surface area contributed by atoms with Crippen LogP contribution in [0.25, 0.3) is 0 Å². The molecule has 0 aromatic heterocycles. The molecule has 0 amide bonds. The Morgan fingerprint density at radius 2 is 2.04 bits per heavy atom. The van der Waals surface area contributed by atoms with Crippen LogP contribution in [-0.4, -0.2) is 24.4 Å². The third-order valence-electron chi connectivity index (χ3n) is 5.23. The van der Waals surface area contributed by atoms with Crippen molar-refractivity contribution >= 4 is 0 Å². The molecule has 4 nitrogen and oxygen atoms in total. The molecule has 0 fully saturated rings. The number of benzene rings is 2. The Bertz CT molecular complexity index is 810. The maximum Gasteiger partial charge on any atom is 0.129 e. The fourth-order valence-electron chi connectivity index (χ4n) is 3.81. The van der Waals surface area contributed by atoms with Gasteiger partial charge in [-0.2, -0.15) is 0 Å². The molecule has 1 unspecified atom stereocenters. The Hall–Kier alpha value is -2.36. The molecular weight excluding hydrogens is 316 g/mol. The van der Waals surface area contributed by atoms with Crippen LogP contribution in [0.2, 0.25) is 0 Å². The normalized spacial score (nSPS) is 20.7. The predicted octanol–water partition coefficient (Wildman–Crippen LogP) is 4.22. The number of rotatable bonds is 2. The molecule has 2 heterocycles. The molecule has 2 aromatic carbocycles. The summed E-state index contributed by atoms with van der Waals surface area (Å²) in [4.78, 5) is 0. The topological polar surface area (TPSA) is 47.9 Å². The van der Waals surface area contributed by atoms with Crippen molar-refractivity contribution < 1.29 is 19.3 Å². The second-order valence-electron chi connectivity index (χ2n) is 7.53. The lowest BCUT2D eigenvalue weighted by atomic mass is 9.86. The van der Waals surface area contributed by atoms with E-state index in [2.05, 4.69) is 26.0 Å². The number of hydrogen-bond acceptors (Lipinski definition) is 4. The van der Waals surface area contributed by atoms with Gasteiger partial charge in [-0.25, -0.2) is 0 Å². The van der Waals surface area contributed by atoms with Crippen LogP contribution in [0.1, 0.15) is 42.9 Å². The van der Waals surface area contributed by atoms with Crippen molar-refractivity contribution in [3.8, 4) is 23.0 Å². The highest BCUT2D eigenvalue weighted by molar-refractivity contribution is 5.54. The van der Waals surface area contributed by atoms with E-state index in [4.69, 9.17) is 14.2 Å². The van der Waals surface area contributed by atoms with Gasteiger partial charge in [-0.1, -0.05) is 12.1 Å². The Labute approximate surface area is 148 Å². The minimum absolute atomic E-state index is 0.118. The number of phenols is 1. The Morgan fingerprint density at radius 3 is 2.80 bits per heavy atom. The molecule has 0 spiro atoms. The summed E-state index contributed by atoms with van der Waals surface area (Å²) in [6, 6.07) is 9.63. The molecule has 25 heavy (non-hydrogen) atoms. The summed E-state index contributed by atoms with van der Waals surface area (Å²) in [5.74, 6) is 2.99. The number of methoxy groups -OCH3 is 1. The van der Waals surface area contributed by atoms with Gasteiger partial charge in [0.05, 0.1) is 13.7 Å². The van der Waals surface area contributed by atoms with Crippen molar-refractivity contribution in [3.63, 3.8) is 0 Å². The van der Waals surface area contributed by atoms with Gasteiger partial charge in [0.15, 0.2) is 0 Å². The smallest absolute Gasteiger partial charge is 0.129 e. The van der Waals surface area contributed by atoms with E-state index in [1.807, 2.05) is 12.1 Å². The molecule has 0 saturated heterocycles. The van der Waals surface area contributed by atoms with E-state index >= 15 is 0 Å². The third-order valence-corrected chi connectivity index (χ3v) is 5.23. The van der Waals surface area contributed by atoms with E-state index in [-0.39, 0.29) is 17.3 Å². The highest BCUT2D eigenvalue weighted by atomic mass is 16.5. The minimum atomic E-state index is -0.118. The van der Waals surface area contributed by atoms with Gasteiger partial charge in [0, 0.05) is 23.1 Å². The van der Waals surface area contributed by atoms with Gasteiger partial charge in [0.2, 0.25) is 0 Å². The van der Waals surface area contributed by atoms with Crippen LogP contribution in [0, 0.1) is 0 Å². The number of fused-ring (bicyclic) bond motifs is 3. The number of hydrogen-bond donors (Lipinski definition) is 1. The van der Waals surface area contributed by atoms with Crippen LogP contribution in [0.5, 0.6) is 23.0 Å². The van der Waals surface area contributed by atoms with E-state index in [0.29, 0.717) is 12.4 Å². The highest BCUT2D eigenvalue weighted by Crippen LogP contribution is 2.44. The molecule has 0 bridgehead atoms. The van der Waals surface area contributed by atoms with Gasteiger partial charge >= 0.3 is 0 Å². The average Bonchev–Trinajstić information content (AvgIpc) is 2.60. The largest absolute Gasteiger partial charge is 0.508 e. The molecule has 2 aromatic rings. The lowest BCUT2D eigenvalue weighted by Crippen LogP contribution is -2.33. The second kappa shape index (κ2) is 5.87. The average molecular weight is 340 g/mol.